The van der Waals surface area contributed by atoms with Gasteiger partial charge in [-0.25, -0.2) is 0 Å². The molecule has 1 aliphatic carbocycles. The summed E-state index contributed by atoms with van der Waals surface area (Å²) in [4.78, 5) is 2.50. The molecule has 0 aliphatic heterocycles. The highest BCUT2D eigenvalue weighted by Crippen LogP contribution is 2.26. The van der Waals surface area contributed by atoms with Crippen LogP contribution in [0.3, 0.4) is 0 Å². The molecule has 1 rings (SSSR count). The number of hydrogen-bond donors (Lipinski definition) is 1. The summed E-state index contributed by atoms with van der Waals surface area (Å²) in [5.74, 6) is 0.937. The molecule has 0 radical (unpaired) electrons. The van der Waals surface area contributed by atoms with Gasteiger partial charge in [-0.3, -0.25) is 0 Å². The third-order valence-electron chi connectivity index (χ3n) is 3.43. The molecule has 1 saturated carbocycles. The summed E-state index contributed by atoms with van der Waals surface area (Å²) in [5.41, 5.74) is 0. The van der Waals surface area contributed by atoms with Gasteiger partial charge in [-0.2, -0.15) is 0 Å². The molecular weight excluding hydrogens is 160 g/mol. The van der Waals surface area contributed by atoms with Gasteiger partial charge in [-0.1, -0.05) is 6.92 Å². The van der Waals surface area contributed by atoms with Gasteiger partial charge in [0.1, 0.15) is 0 Å². The van der Waals surface area contributed by atoms with E-state index in [0.29, 0.717) is 0 Å². The molecule has 0 atom stereocenters. The molecule has 0 heterocycles. The van der Waals surface area contributed by atoms with Gasteiger partial charge < -0.3 is 10.2 Å². The van der Waals surface area contributed by atoms with Crippen LogP contribution < -0.4 is 5.32 Å². The maximum atomic E-state index is 3.28. The smallest absolute Gasteiger partial charge is 0.00923 e. The van der Waals surface area contributed by atoms with Crippen molar-refractivity contribution in [2.75, 3.05) is 27.2 Å². The second-order valence-corrected chi connectivity index (χ2v) is 4.31. The summed E-state index contributed by atoms with van der Waals surface area (Å²) >= 11 is 0. The van der Waals surface area contributed by atoms with Crippen molar-refractivity contribution in [2.45, 2.75) is 38.6 Å². The maximum Gasteiger partial charge on any atom is 0.00923 e. The van der Waals surface area contributed by atoms with Crippen LogP contribution in [0.5, 0.6) is 0 Å². The number of nitrogens with zero attached hydrogens (tertiary/aromatic N) is 1. The normalized spacial score (nSPS) is 29.5. The van der Waals surface area contributed by atoms with Crippen LogP contribution in [0.25, 0.3) is 0 Å². The molecule has 78 valence electrons. The molecule has 0 bridgehead atoms. The third kappa shape index (κ3) is 3.28. The molecule has 1 aliphatic rings. The van der Waals surface area contributed by atoms with Crippen LogP contribution in [-0.2, 0) is 0 Å². The molecule has 0 aromatic rings. The molecule has 0 aromatic heterocycles. The predicted molar refractivity (Wildman–Crippen MR) is 58.0 cm³/mol. The molecule has 0 amide bonds. The van der Waals surface area contributed by atoms with E-state index in [0.717, 1.165) is 12.0 Å². The Morgan fingerprint density at radius 2 is 1.85 bits per heavy atom. The Kier molecular flexibility index (Phi) is 4.74. The minimum absolute atomic E-state index is 0.859. The predicted octanol–water partition coefficient (Wildman–Crippen LogP) is 1.72. The van der Waals surface area contributed by atoms with Crippen molar-refractivity contribution in [3.05, 3.63) is 0 Å². The van der Waals surface area contributed by atoms with Gasteiger partial charge in [0.2, 0.25) is 0 Å². The van der Waals surface area contributed by atoms with Crippen LogP contribution in [0.15, 0.2) is 0 Å². The van der Waals surface area contributed by atoms with E-state index in [4.69, 9.17) is 0 Å². The minimum Gasteiger partial charge on any atom is -0.319 e. The van der Waals surface area contributed by atoms with Crippen LogP contribution in [0.2, 0.25) is 0 Å². The lowest BCUT2D eigenvalue weighted by Gasteiger charge is -2.34. The third-order valence-corrected chi connectivity index (χ3v) is 3.43. The SMILES string of the molecule is CCN(C)C1CCC(CNC)CC1. The van der Waals surface area contributed by atoms with Crippen LogP contribution in [0.4, 0.5) is 0 Å². The average molecular weight is 184 g/mol. The number of rotatable bonds is 4. The van der Waals surface area contributed by atoms with Crippen molar-refractivity contribution in [2.24, 2.45) is 5.92 Å². The van der Waals surface area contributed by atoms with Gasteiger partial charge in [0.25, 0.3) is 0 Å². The van der Waals surface area contributed by atoms with E-state index in [1.54, 1.807) is 0 Å². The molecule has 13 heavy (non-hydrogen) atoms. The summed E-state index contributed by atoms with van der Waals surface area (Å²) in [7, 11) is 4.31. The molecule has 1 N–H and O–H groups in total. The molecular formula is C11H24N2. The zero-order valence-corrected chi connectivity index (χ0v) is 9.34. The first-order valence-electron chi connectivity index (χ1n) is 5.62. The standard InChI is InChI=1S/C11H24N2/c1-4-13(3)11-7-5-10(6-8-11)9-12-2/h10-12H,4-9H2,1-3H3. The van der Waals surface area contributed by atoms with Gasteiger partial charge in [-0.15, -0.1) is 0 Å². The van der Waals surface area contributed by atoms with E-state index in [1.165, 1.54) is 38.8 Å². The number of hydrogen-bond acceptors (Lipinski definition) is 2. The molecule has 2 heteroatoms. The molecule has 2 nitrogen and oxygen atoms in total. The quantitative estimate of drug-likeness (QED) is 0.715. The lowest BCUT2D eigenvalue weighted by Crippen LogP contribution is -2.36. The van der Waals surface area contributed by atoms with Crippen molar-refractivity contribution in [3.8, 4) is 0 Å². The minimum atomic E-state index is 0.859. The van der Waals surface area contributed by atoms with E-state index in [-0.39, 0.29) is 0 Å². The second-order valence-electron chi connectivity index (χ2n) is 4.31. The van der Waals surface area contributed by atoms with Crippen molar-refractivity contribution in [1.82, 2.24) is 10.2 Å². The topological polar surface area (TPSA) is 15.3 Å². The highest BCUT2D eigenvalue weighted by molar-refractivity contribution is 4.78. The number of nitrogens with one attached hydrogen (secondary N) is 1. The van der Waals surface area contributed by atoms with Crippen molar-refractivity contribution in [3.63, 3.8) is 0 Å². The van der Waals surface area contributed by atoms with Crippen LogP contribution in [0, 0.1) is 5.92 Å². The first kappa shape index (κ1) is 11.0. The Morgan fingerprint density at radius 3 is 2.31 bits per heavy atom. The largest absolute Gasteiger partial charge is 0.319 e. The van der Waals surface area contributed by atoms with Crippen LogP contribution >= 0.6 is 0 Å². The fourth-order valence-electron chi connectivity index (χ4n) is 2.34. The van der Waals surface area contributed by atoms with Gasteiger partial charge in [0, 0.05) is 6.04 Å². The summed E-state index contributed by atoms with van der Waals surface area (Å²) in [6, 6.07) is 0.859. The highest BCUT2D eigenvalue weighted by atomic mass is 15.1. The molecule has 0 saturated heterocycles. The van der Waals surface area contributed by atoms with Gasteiger partial charge in [0.05, 0.1) is 0 Å². The first-order chi connectivity index (χ1) is 6.27. The van der Waals surface area contributed by atoms with Crippen LogP contribution in [0.1, 0.15) is 32.6 Å². The molecule has 0 unspecified atom stereocenters. The molecule has 0 aromatic carbocycles. The summed E-state index contributed by atoms with van der Waals surface area (Å²) in [6.45, 7) is 4.66. The van der Waals surface area contributed by atoms with Gasteiger partial charge >= 0.3 is 0 Å². The monoisotopic (exact) mass is 184 g/mol. The van der Waals surface area contributed by atoms with Crippen molar-refractivity contribution in [1.29, 1.82) is 0 Å². The zero-order chi connectivity index (χ0) is 9.68. The Labute approximate surface area is 82.7 Å². The van der Waals surface area contributed by atoms with Crippen molar-refractivity contribution >= 4 is 0 Å². The van der Waals surface area contributed by atoms with Gasteiger partial charge in [-0.05, 0) is 58.8 Å². The Hall–Kier alpha value is -0.0800. The Bertz CT molecular complexity index is 128. The van der Waals surface area contributed by atoms with Crippen molar-refractivity contribution < 1.29 is 0 Å². The van der Waals surface area contributed by atoms with Gasteiger partial charge in [0.15, 0.2) is 0 Å². The average Bonchev–Trinajstić information content (AvgIpc) is 2.18. The second kappa shape index (κ2) is 5.61. The fourth-order valence-corrected chi connectivity index (χ4v) is 2.34. The van der Waals surface area contributed by atoms with E-state index in [1.807, 2.05) is 0 Å². The van der Waals surface area contributed by atoms with E-state index in [2.05, 4.69) is 31.2 Å². The van der Waals surface area contributed by atoms with E-state index >= 15 is 0 Å². The Balaban J connectivity index is 2.22. The maximum absolute atomic E-state index is 3.28. The zero-order valence-electron chi connectivity index (χ0n) is 9.34. The fraction of sp³-hybridized carbons (Fsp3) is 1.00. The van der Waals surface area contributed by atoms with Crippen LogP contribution in [-0.4, -0.2) is 38.1 Å². The molecule has 1 fully saturated rings. The Morgan fingerprint density at radius 1 is 1.23 bits per heavy atom. The lowest BCUT2D eigenvalue weighted by molar-refractivity contribution is 0.171. The summed E-state index contributed by atoms with van der Waals surface area (Å²) in [5, 5.41) is 3.28. The van der Waals surface area contributed by atoms with E-state index in [9.17, 15) is 0 Å². The molecule has 0 spiro atoms. The highest BCUT2D eigenvalue weighted by Gasteiger charge is 2.22. The van der Waals surface area contributed by atoms with E-state index < -0.39 is 0 Å². The lowest BCUT2D eigenvalue weighted by atomic mass is 9.85. The first-order valence-corrected chi connectivity index (χ1v) is 5.62. The summed E-state index contributed by atoms with van der Waals surface area (Å²) < 4.78 is 0. The summed E-state index contributed by atoms with van der Waals surface area (Å²) in [6.07, 6.45) is 5.62.